The molecule has 0 amide bonds. The summed E-state index contributed by atoms with van der Waals surface area (Å²) >= 11 is 0. The number of aromatic nitrogens is 2. The van der Waals surface area contributed by atoms with Gasteiger partial charge in [0.25, 0.3) is 0 Å². The first kappa shape index (κ1) is 21.7. The quantitative estimate of drug-likeness (QED) is 0.320. The van der Waals surface area contributed by atoms with Crippen molar-refractivity contribution in [1.29, 1.82) is 0 Å². The topological polar surface area (TPSA) is 71.8 Å². The lowest BCUT2D eigenvalue weighted by Crippen LogP contribution is -2.46. The molecule has 0 unspecified atom stereocenters. The fraction of sp³-hybridized carbons (Fsp3) is 0.706. The van der Waals surface area contributed by atoms with Gasteiger partial charge in [0.15, 0.2) is 5.96 Å². The third-order valence-electron chi connectivity index (χ3n) is 4.71. The Morgan fingerprint density at radius 1 is 1.36 bits per heavy atom. The van der Waals surface area contributed by atoms with Crippen LogP contribution >= 0.6 is 24.0 Å². The summed E-state index contributed by atoms with van der Waals surface area (Å²) in [7, 11) is 3.41. The molecule has 0 aromatic carbocycles. The van der Waals surface area contributed by atoms with Gasteiger partial charge in [-0.05, 0) is 33.6 Å². The van der Waals surface area contributed by atoms with E-state index < -0.39 is 0 Å². The zero-order valence-corrected chi connectivity index (χ0v) is 18.2. The van der Waals surface area contributed by atoms with Crippen molar-refractivity contribution in [3.63, 3.8) is 0 Å². The van der Waals surface area contributed by atoms with Crippen molar-refractivity contribution in [2.75, 3.05) is 26.7 Å². The molecule has 1 aliphatic rings. The number of guanidine groups is 1. The molecule has 8 heteroatoms. The number of nitrogens with one attached hydrogen (secondary N) is 1. The summed E-state index contributed by atoms with van der Waals surface area (Å²) in [5.74, 6) is 0.818. The summed E-state index contributed by atoms with van der Waals surface area (Å²) in [6.07, 6.45) is 1.62. The lowest BCUT2D eigenvalue weighted by atomic mass is 9.97. The average molecular weight is 463 g/mol. The maximum absolute atomic E-state index is 11.7. The number of carbonyl (C=O) groups is 1. The van der Waals surface area contributed by atoms with Crippen LogP contribution in [0.2, 0.25) is 0 Å². The van der Waals surface area contributed by atoms with E-state index in [4.69, 9.17) is 9.73 Å². The molecule has 2 heterocycles. The first-order chi connectivity index (χ1) is 11.5. The van der Waals surface area contributed by atoms with E-state index in [9.17, 15) is 4.79 Å². The molecule has 0 spiro atoms. The summed E-state index contributed by atoms with van der Waals surface area (Å²) in [6, 6.07) is 0. The molecule has 1 aromatic rings. The predicted molar refractivity (Wildman–Crippen MR) is 109 cm³/mol. The third-order valence-corrected chi connectivity index (χ3v) is 4.71. The Bertz CT molecular complexity index is 606. The number of aliphatic imine (C=N–C) groups is 1. The molecule has 0 radical (unpaired) electrons. The summed E-state index contributed by atoms with van der Waals surface area (Å²) in [5, 5.41) is 7.81. The lowest BCUT2D eigenvalue weighted by molar-refractivity contribution is -0.146. The van der Waals surface area contributed by atoms with E-state index in [1.165, 1.54) is 12.7 Å². The van der Waals surface area contributed by atoms with Crippen LogP contribution in [-0.2, 0) is 23.1 Å². The molecule has 25 heavy (non-hydrogen) atoms. The van der Waals surface area contributed by atoms with Crippen LogP contribution in [0, 0.1) is 19.8 Å². The number of carbonyl (C=O) groups excluding carboxylic acids is 1. The normalized spacial score (nSPS) is 15.7. The number of hydrogen-bond acceptors (Lipinski definition) is 4. The summed E-state index contributed by atoms with van der Waals surface area (Å²) in [5.41, 5.74) is 3.35. The Labute approximate surface area is 167 Å². The number of nitrogens with zero attached hydrogens (tertiary/aromatic N) is 4. The molecule has 2 rings (SSSR count). The molecule has 1 saturated heterocycles. The van der Waals surface area contributed by atoms with Gasteiger partial charge in [0.05, 0.1) is 25.3 Å². The van der Waals surface area contributed by atoms with Crippen molar-refractivity contribution in [2.45, 2.75) is 40.2 Å². The molecular weight excluding hydrogens is 433 g/mol. The van der Waals surface area contributed by atoms with Gasteiger partial charge in [0.1, 0.15) is 0 Å². The number of likely N-dealkylation sites (tertiary alicyclic amines) is 1. The van der Waals surface area contributed by atoms with Gasteiger partial charge in [-0.3, -0.25) is 9.48 Å². The molecule has 0 aliphatic carbocycles. The molecule has 1 fully saturated rings. The number of rotatable bonds is 4. The zero-order valence-electron chi connectivity index (χ0n) is 15.8. The molecule has 1 aliphatic heterocycles. The van der Waals surface area contributed by atoms with Crippen molar-refractivity contribution in [3.8, 4) is 0 Å². The van der Waals surface area contributed by atoms with Gasteiger partial charge >= 0.3 is 5.97 Å². The Hall–Kier alpha value is -1.32. The Balaban J connectivity index is 0.00000312. The first-order valence-electron chi connectivity index (χ1n) is 8.58. The van der Waals surface area contributed by atoms with Gasteiger partial charge in [-0.1, -0.05) is 0 Å². The largest absolute Gasteiger partial charge is 0.469 e. The minimum atomic E-state index is -0.0989. The Morgan fingerprint density at radius 3 is 2.48 bits per heavy atom. The number of methoxy groups -OCH3 is 1. The highest BCUT2D eigenvalue weighted by molar-refractivity contribution is 14.0. The minimum absolute atomic E-state index is 0. The molecule has 142 valence electrons. The second-order valence-corrected chi connectivity index (χ2v) is 6.23. The van der Waals surface area contributed by atoms with Gasteiger partial charge in [-0.25, -0.2) is 4.99 Å². The molecule has 0 bridgehead atoms. The standard InChI is InChI=1S/C17H29N5O2.HI/c1-6-18-17(19-11-15-12(2)20-21(4)13(15)3)22-9-7-14(8-10-22)16(23)24-5;/h14H,6-11H2,1-5H3,(H,18,19);1H. The van der Waals surface area contributed by atoms with Crippen molar-refractivity contribution in [2.24, 2.45) is 18.0 Å². The molecule has 0 atom stereocenters. The molecule has 7 nitrogen and oxygen atoms in total. The van der Waals surface area contributed by atoms with Gasteiger partial charge in [0.2, 0.25) is 0 Å². The van der Waals surface area contributed by atoms with Gasteiger partial charge in [-0.2, -0.15) is 5.10 Å². The maximum Gasteiger partial charge on any atom is 0.308 e. The molecular formula is C17H30IN5O2. The number of hydrogen-bond donors (Lipinski definition) is 1. The SMILES string of the molecule is CCNC(=NCc1c(C)nn(C)c1C)N1CCC(C(=O)OC)CC1.I. The highest BCUT2D eigenvalue weighted by atomic mass is 127. The summed E-state index contributed by atoms with van der Waals surface area (Å²) < 4.78 is 6.75. The van der Waals surface area contributed by atoms with E-state index in [-0.39, 0.29) is 35.9 Å². The first-order valence-corrected chi connectivity index (χ1v) is 8.58. The van der Waals surface area contributed by atoms with Crippen LogP contribution in [0.1, 0.15) is 36.7 Å². The molecule has 1 aromatic heterocycles. The second kappa shape index (κ2) is 9.98. The van der Waals surface area contributed by atoms with Gasteiger partial charge < -0.3 is 15.0 Å². The predicted octanol–water partition coefficient (Wildman–Crippen LogP) is 2.01. The van der Waals surface area contributed by atoms with Crippen LogP contribution in [0.4, 0.5) is 0 Å². The fourth-order valence-electron chi connectivity index (χ4n) is 3.12. The highest BCUT2D eigenvalue weighted by Crippen LogP contribution is 2.19. The minimum Gasteiger partial charge on any atom is -0.469 e. The maximum atomic E-state index is 11.7. The third kappa shape index (κ3) is 5.32. The zero-order chi connectivity index (χ0) is 17.7. The highest BCUT2D eigenvalue weighted by Gasteiger charge is 2.27. The summed E-state index contributed by atoms with van der Waals surface area (Å²) in [4.78, 5) is 18.7. The average Bonchev–Trinajstić information content (AvgIpc) is 2.83. The number of ether oxygens (including phenoxy) is 1. The van der Waals surface area contributed by atoms with Crippen LogP contribution in [0.5, 0.6) is 0 Å². The van der Waals surface area contributed by atoms with Crippen molar-refractivity contribution < 1.29 is 9.53 Å². The monoisotopic (exact) mass is 463 g/mol. The molecule has 1 N–H and O–H groups in total. The van der Waals surface area contributed by atoms with Crippen LogP contribution < -0.4 is 5.32 Å². The second-order valence-electron chi connectivity index (χ2n) is 6.23. The number of esters is 1. The fourth-order valence-corrected chi connectivity index (χ4v) is 3.12. The number of aryl methyl sites for hydroxylation is 2. The smallest absolute Gasteiger partial charge is 0.308 e. The van der Waals surface area contributed by atoms with Gasteiger partial charge in [-0.15, -0.1) is 24.0 Å². The van der Waals surface area contributed by atoms with E-state index in [2.05, 4.69) is 29.2 Å². The number of piperidine rings is 1. The van der Waals surface area contributed by atoms with Crippen LogP contribution in [0.3, 0.4) is 0 Å². The number of halogens is 1. The van der Waals surface area contributed by atoms with Crippen LogP contribution in [-0.4, -0.2) is 53.4 Å². The Kier molecular flexibility index (Phi) is 8.67. The van der Waals surface area contributed by atoms with Crippen LogP contribution in [0.15, 0.2) is 4.99 Å². The van der Waals surface area contributed by atoms with Crippen molar-refractivity contribution in [1.82, 2.24) is 20.0 Å². The molecule has 0 saturated carbocycles. The van der Waals surface area contributed by atoms with E-state index in [0.717, 1.165) is 49.8 Å². The van der Waals surface area contributed by atoms with Crippen molar-refractivity contribution in [3.05, 3.63) is 17.0 Å². The van der Waals surface area contributed by atoms with E-state index in [0.29, 0.717) is 6.54 Å². The summed E-state index contributed by atoms with van der Waals surface area (Å²) in [6.45, 7) is 9.22. The van der Waals surface area contributed by atoms with E-state index >= 15 is 0 Å². The van der Waals surface area contributed by atoms with E-state index in [1.54, 1.807) is 0 Å². The van der Waals surface area contributed by atoms with Crippen LogP contribution in [0.25, 0.3) is 0 Å². The Morgan fingerprint density at radius 2 is 2.00 bits per heavy atom. The van der Waals surface area contributed by atoms with E-state index in [1.807, 2.05) is 18.7 Å². The van der Waals surface area contributed by atoms with Crippen molar-refractivity contribution >= 4 is 35.9 Å². The van der Waals surface area contributed by atoms with Gasteiger partial charge in [0, 0.05) is 37.9 Å². The lowest BCUT2D eigenvalue weighted by Gasteiger charge is -2.33.